The Balaban J connectivity index is 1.88. The van der Waals surface area contributed by atoms with Crippen LogP contribution in [0.25, 0.3) is 0 Å². The molecule has 2 aromatic carbocycles. The van der Waals surface area contributed by atoms with E-state index in [1.807, 2.05) is 6.07 Å². The minimum atomic E-state index is -1.26. The molecular weight excluding hydrogens is 320 g/mol. The number of hydrogen-bond donors (Lipinski definition) is 1. The molecule has 1 N–H and O–H groups in total. The molecule has 0 saturated carbocycles. The molecule has 0 amide bonds. The number of aromatic carboxylic acids is 1. The Morgan fingerprint density at radius 2 is 1.88 bits per heavy atom. The van der Waals surface area contributed by atoms with Crippen LogP contribution in [0.3, 0.4) is 0 Å². The molecule has 1 aliphatic carbocycles. The molecule has 6 heteroatoms. The van der Waals surface area contributed by atoms with Crippen molar-refractivity contribution in [3.05, 3.63) is 81.4 Å². The average Bonchev–Trinajstić information content (AvgIpc) is 3.10. The van der Waals surface area contributed by atoms with Crippen molar-refractivity contribution >= 4 is 17.3 Å². The third-order valence-corrected chi connectivity index (χ3v) is 5.09. The van der Waals surface area contributed by atoms with Crippen molar-refractivity contribution in [2.75, 3.05) is 5.32 Å². The Morgan fingerprint density at radius 3 is 2.64 bits per heavy atom. The lowest BCUT2D eigenvalue weighted by Crippen LogP contribution is -2.32. The lowest BCUT2D eigenvalue weighted by molar-refractivity contribution is -0.385. The molecule has 3 atom stereocenters. The fourth-order valence-corrected chi connectivity index (χ4v) is 4.02. The summed E-state index contributed by atoms with van der Waals surface area (Å²) < 4.78 is 0. The normalized spacial score (nSPS) is 23.4. The molecule has 6 nitrogen and oxygen atoms in total. The Morgan fingerprint density at radius 1 is 1.12 bits per heavy atom. The van der Waals surface area contributed by atoms with Crippen LogP contribution < -0.4 is 10.4 Å². The lowest BCUT2D eigenvalue weighted by Gasteiger charge is -2.38. The third kappa shape index (κ3) is 2.38. The van der Waals surface area contributed by atoms with Gasteiger partial charge in [0.25, 0.3) is 5.69 Å². The third-order valence-electron chi connectivity index (χ3n) is 5.09. The molecule has 0 bridgehead atoms. The molecule has 126 valence electrons. The summed E-state index contributed by atoms with van der Waals surface area (Å²) in [6, 6.07) is 11.4. The van der Waals surface area contributed by atoms with Crippen LogP contribution in [0.15, 0.2) is 54.6 Å². The van der Waals surface area contributed by atoms with E-state index >= 15 is 0 Å². The minimum absolute atomic E-state index is 0.0281. The number of hydrogen-bond acceptors (Lipinski definition) is 5. The Kier molecular flexibility index (Phi) is 3.53. The zero-order chi connectivity index (χ0) is 17.6. The highest BCUT2D eigenvalue weighted by atomic mass is 16.6. The van der Waals surface area contributed by atoms with Crippen molar-refractivity contribution in [1.82, 2.24) is 0 Å². The van der Waals surface area contributed by atoms with Gasteiger partial charge in [0, 0.05) is 23.2 Å². The highest BCUT2D eigenvalue weighted by Gasteiger charge is 2.40. The van der Waals surface area contributed by atoms with Gasteiger partial charge < -0.3 is 15.2 Å². The first-order chi connectivity index (χ1) is 12.1. The smallest absolute Gasteiger partial charge is 0.274 e. The number of carbonyl (C=O) groups excluding carboxylic acids is 1. The van der Waals surface area contributed by atoms with Gasteiger partial charge in [-0.1, -0.05) is 48.6 Å². The molecule has 0 fully saturated rings. The fourth-order valence-electron chi connectivity index (χ4n) is 4.02. The summed E-state index contributed by atoms with van der Waals surface area (Å²) in [4.78, 5) is 22.5. The summed E-state index contributed by atoms with van der Waals surface area (Å²) in [5.74, 6) is -1.13. The number of benzene rings is 2. The Hall–Kier alpha value is -3.15. The first-order valence-electron chi connectivity index (χ1n) is 8.08. The molecule has 4 rings (SSSR count). The molecule has 0 saturated heterocycles. The van der Waals surface area contributed by atoms with Gasteiger partial charge in [0.15, 0.2) is 0 Å². The van der Waals surface area contributed by atoms with Crippen LogP contribution in [-0.2, 0) is 0 Å². The van der Waals surface area contributed by atoms with Crippen LogP contribution in [0.1, 0.15) is 39.9 Å². The zero-order valence-electron chi connectivity index (χ0n) is 13.2. The van der Waals surface area contributed by atoms with Gasteiger partial charge in [0.05, 0.1) is 22.5 Å². The second-order valence-corrected chi connectivity index (χ2v) is 6.35. The maximum absolute atomic E-state index is 11.5. The van der Waals surface area contributed by atoms with Crippen molar-refractivity contribution in [3.8, 4) is 0 Å². The number of nitrogens with one attached hydrogen (secondary N) is 1. The number of nitrogens with zero attached hydrogens (tertiary/aromatic N) is 1. The second kappa shape index (κ2) is 5.73. The molecule has 2 aliphatic rings. The number of para-hydroxylation sites is 2. The first kappa shape index (κ1) is 15.4. The maximum atomic E-state index is 11.5. The number of carbonyl (C=O) groups is 1. The Labute approximate surface area is 144 Å². The van der Waals surface area contributed by atoms with Gasteiger partial charge in [-0.2, -0.15) is 0 Å². The van der Waals surface area contributed by atoms with Gasteiger partial charge >= 0.3 is 0 Å². The summed E-state index contributed by atoms with van der Waals surface area (Å²) in [7, 11) is 0. The molecule has 0 aromatic heterocycles. The van der Waals surface area contributed by atoms with E-state index in [1.54, 1.807) is 24.3 Å². The second-order valence-electron chi connectivity index (χ2n) is 6.35. The van der Waals surface area contributed by atoms with E-state index in [0.717, 1.165) is 12.0 Å². The van der Waals surface area contributed by atoms with Crippen molar-refractivity contribution in [1.29, 1.82) is 0 Å². The van der Waals surface area contributed by atoms with Crippen LogP contribution in [0.4, 0.5) is 11.4 Å². The van der Waals surface area contributed by atoms with E-state index < -0.39 is 10.9 Å². The quantitative estimate of drug-likeness (QED) is 0.529. The van der Waals surface area contributed by atoms with E-state index in [2.05, 4.69) is 17.5 Å². The SMILES string of the molecule is O=C([O-])c1cccc2c1N[C@H](c1ccccc1[N+](=O)[O-])[C@@H]1CC=C[C@@H]21. The molecular formula is C19H15N2O4-. The Bertz CT molecular complexity index is 906. The number of anilines is 1. The van der Waals surface area contributed by atoms with Crippen LogP contribution in [-0.4, -0.2) is 10.9 Å². The van der Waals surface area contributed by atoms with Crippen LogP contribution in [0, 0.1) is 16.0 Å². The van der Waals surface area contributed by atoms with Gasteiger partial charge in [0.1, 0.15) is 0 Å². The van der Waals surface area contributed by atoms with E-state index in [9.17, 15) is 20.0 Å². The summed E-state index contributed by atoms with van der Waals surface area (Å²) >= 11 is 0. The standard InChI is InChI=1S/C19H16N2O4/c22-19(23)15-9-4-8-13-11-6-3-7-12(11)17(20-18(13)15)14-5-1-2-10-16(14)21(24)25/h1-6,8-12,17,20H,7H2,(H,22,23)/p-1/t11-,12-,17+/m1/s1. The minimum Gasteiger partial charge on any atom is -0.545 e. The molecule has 0 spiro atoms. The van der Waals surface area contributed by atoms with Crippen molar-refractivity contribution in [2.24, 2.45) is 5.92 Å². The molecule has 2 aromatic rings. The number of nitro benzene ring substituents is 1. The van der Waals surface area contributed by atoms with E-state index in [4.69, 9.17) is 0 Å². The van der Waals surface area contributed by atoms with E-state index in [0.29, 0.717) is 11.3 Å². The van der Waals surface area contributed by atoms with Crippen LogP contribution in [0.2, 0.25) is 0 Å². The molecule has 1 aliphatic heterocycles. The zero-order valence-corrected chi connectivity index (χ0v) is 13.2. The number of fused-ring (bicyclic) bond motifs is 3. The lowest BCUT2D eigenvalue weighted by atomic mass is 9.76. The number of allylic oxidation sites excluding steroid dienone is 2. The highest BCUT2D eigenvalue weighted by Crippen LogP contribution is 2.51. The van der Waals surface area contributed by atoms with Gasteiger partial charge in [0.2, 0.25) is 0 Å². The molecule has 0 radical (unpaired) electrons. The van der Waals surface area contributed by atoms with Crippen LogP contribution >= 0.6 is 0 Å². The number of carboxylic acid groups (broad SMARTS) is 1. The van der Waals surface area contributed by atoms with Crippen LogP contribution in [0.5, 0.6) is 0 Å². The largest absolute Gasteiger partial charge is 0.545 e. The summed E-state index contributed by atoms with van der Waals surface area (Å²) in [5, 5.41) is 26.2. The van der Waals surface area contributed by atoms with Gasteiger partial charge in [-0.05, 0) is 17.9 Å². The summed E-state index contributed by atoms with van der Waals surface area (Å²) in [5.41, 5.74) is 2.10. The topological polar surface area (TPSA) is 95.3 Å². The van der Waals surface area contributed by atoms with Crippen molar-refractivity contribution in [2.45, 2.75) is 18.4 Å². The number of nitro groups is 1. The van der Waals surface area contributed by atoms with E-state index in [-0.39, 0.29) is 29.1 Å². The predicted octanol–water partition coefficient (Wildman–Crippen LogP) is 2.78. The first-order valence-corrected chi connectivity index (χ1v) is 8.08. The maximum Gasteiger partial charge on any atom is 0.274 e. The monoisotopic (exact) mass is 335 g/mol. The van der Waals surface area contributed by atoms with Crippen molar-refractivity contribution in [3.63, 3.8) is 0 Å². The fraction of sp³-hybridized carbons (Fsp3) is 0.211. The average molecular weight is 335 g/mol. The van der Waals surface area contributed by atoms with Gasteiger partial charge in [-0.15, -0.1) is 0 Å². The van der Waals surface area contributed by atoms with Crippen molar-refractivity contribution < 1.29 is 14.8 Å². The van der Waals surface area contributed by atoms with Gasteiger partial charge in [-0.25, -0.2) is 0 Å². The van der Waals surface area contributed by atoms with Gasteiger partial charge in [-0.3, -0.25) is 10.1 Å². The number of carboxylic acids is 1. The molecule has 0 unspecified atom stereocenters. The molecule has 25 heavy (non-hydrogen) atoms. The summed E-state index contributed by atoms with van der Waals surface area (Å²) in [6.07, 6.45) is 4.90. The van der Waals surface area contributed by atoms with E-state index in [1.165, 1.54) is 12.1 Å². The predicted molar refractivity (Wildman–Crippen MR) is 90.2 cm³/mol. The molecule has 1 heterocycles. The number of rotatable bonds is 3. The summed E-state index contributed by atoms with van der Waals surface area (Å²) in [6.45, 7) is 0. The highest BCUT2D eigenvalue weighted by molar-refractivity contribution is 5.94.